The Morgan fingerprint density at radius 2 is 2.22 bits per heavy atom. The fraction of sp³-hybridized carbons (Fsp3) is 0.600. The first kappa shape index (κ1) is 13.4. The van der Waals surface area contributed by atoms with Crippen molar-refractivity contribution in [2.75, 3.05) is 26.9 Å². The van der Waals surface area contributed by atoms with Gasteiger partial charge in [0.15, 0.2) is 0 Å². The standard InChI is InChI=1S/C15H23NO2/c1-3-9-16-14-8-7-13-12(14)5-4-6-15(13)18-11-10-17-2/h4-6,14,16H,3,7-11H2,1-2H3. The van der Waals surface area contributed by atoms with Crippen LogP contribution in [0, 0.1) is 0 Å². The average Bonchev–Trinajstić information content (AvgIpc) is 2.81. The Bertz CT molecular complexity index is 379. The van der Waals surface area contributed by atoms with Gasteiger partial charge in [-0.2, -0.15) is 0 Å². The summed E-state index contributed by atoms with van der Waals surface area (Å²) < 4.78 is 10.8. The van der Waals surface area contributed by atoms with Crippen molar-refractivity contribution in [1.29, 1.82) is 0 Å². The van der Waals surface area contributed by atoms with Gasteiger partial charge in [-0.05, 0) is 43.0 Å². The van der Waals surface area contributed by atoms with Gasteiger partial charge in [-0.25, -0.2) is 0 Å². The maximum absolute atomic E-state index is 5.79. The molecule has 0 saturated heterocycles. The van der Waals surface area contributed by atoms with E-state index in [1.54, 1.807) is 7.11 Å². The number of hydrogen-bond acceptors (Lipinski definition) is 3. The summed E-state index contributed by atoms with van der Waals surface area (Å²) in [7, 11) is 1.70. The third kappa shape index (κ3) is 3.03. The van der Waals surface area contributed by atoms with Gasteiger partial charge in [0.2, 0.25) is 0 Å². The summed E-state index contributed by atoms with van der Waals surface area (Å²) in [6.45, 7) is 4.55. The summed E-state index contributed by atoms with van der Waals surface area (Å²) >= 11 is 0. The molecule has 0 aliphatic heterocycles. The van der Waals surface area contributed by atoms with E-state index < -0.39 is 0 Å². The second kappa shape index (κ2) is 6.76. The lowest BCUT2D eigenvalue weighted by atomic mass is 10.1. The number of fused-ring (bicyclic) bond motifs is 1. The van der Waals surface area contributed by atoms with Gasteiger partial charge in [-0.15, -0.1) is 0 Å². The third-order valence-corrected chi connectivity index (χ3v) is 3.41. The van der Waals surface area contributed by atoms with E-state index in [2.05, 4.69) is 30.4 Å². The van der Waals surface area contributed by atoms with Gasteiger partial charge < -0.3 is 14.8 Å². The molecule has 1 N–H and O–H groups in total. The van der Waals surface area contributed by atoms with Gasteiger partial charge in [0.05, 0.1) is 6.61 Å². The van der Waals surface area contributed by atoms with Gasteiger partial charge in [-0.3, -0.25) is 0 Å². The van der Waals surface area contributed by atoms with Crippen LogP contribution in [0.1, 0.15) is 36.9 Å². The van der Waals surface area contributed by atoms with Crippen LogP contribution < -0.4 is 10.1 Å². The average molecular weight is 249 g/mol. The largest absolute Gasteiger partial charge is 0.491 e. The van der Waals surface area contributed by atoms with Crippen molar-refractivity contribution >= 4 is 0 Å². The molecule has 0 saturated carbocycles. The monoisotopic (exact) mass is 249 g/mol. The van der Waals surface area contributed by atoms with E-state index in [4.69, 9.17) is 9.47 Å². The predicted molar refractivity (Wildman–Crippen MR) is 73.2 cm³/mol. The van der Waals surface area contributed by atoms with Crippen LogP contribution in [0.15, 0.2) is 18.2 Å². The van der Waals surface area contributed by atoms with Crippen LogP contribution in [0.2, 0.25) is 0 Å². The maximum atomic E-state index is 5.79. The summed E-state index contributed by atoms with van der Waals surface area (Å²) in [6.07, 6.45) is 3.47. The van der Waals surface area contributed by atoms with Crippen molar-refractivity contribution in [3.8, 4) is 5.75 Å². The van der Waals surface area contributed by atoms with E-state index >= 15 is 0 Å². The lowest BCUT2D eigenvalue weighted by Gasteiger charge is -2.14. The fourth-order valence-corrected chi connectivity index (χ4v) is 2.52. The molecule has 0 amide bonds. The van der Waals surface area contributed by atoms with Gasteiger partial charge in [0.1, 0.15) is 12.4 Å². The molecule has 100 valence electrons. The summed E-state index contributed by atoms with van der Waals surface area (Å²) in [5.41, 5.74) is 2.79. The zero-order valence-electron chi connectivity index (χ0n) is 11.4. The Balaban J connectivity index is 2.04. The van der Waals surface area contributed by atoms with E-state index in [0.29, 0.717) is 19.3 Å². The van der Waals surface area contributed by atoms with E-state index in [1.807, 2.05) is 0 Å². The lowest BCUT2D eigenvalue weighted by Crippen LogP contribution is -2.19. The van der Waals surface area contributed by atoms with Crippen molar-refractivity contribution < 1.29 is 9.47 Å². The van der Waals surface area contributed by atoms with Crippen LogP contribution in [0.25, 0.3) is 0 Å². The van der Waals surface area contributed by atoms with Gasteiger partial charge in [0, 0.05) is 13.2 Å². The van der Waals surface area contributed by atoms with Crippen LogP contribution in [0.3, 0.4) is 0 Å². The number of hydrogen-bond donors (Lipinski definition) is 1. The molecule has 0 fully saturated rings. The van der Waals surface area contributed by atoms with E-state index in [-0.39, 0.29) is 0 Å². The molecule has 1 aliphatic carbocycles. The van der Waals surface area contributed by atoms with E-state index in [0.717, 1.165) is 18.7 Å². The quantitative estimate of drug-likeness (QED) is 0.754. The highest BCUT2D eigenvalue weighted by molar-refractivity contribution is 5.45. The zero-order chi connectivity index (χ0) is 12.8. The molecule has 2 rings (SSSR count). The number of ether oxygens (including phenoxy) is 2. The molecule has 1 aromatic carbocycles. The molecule has 1 aliphatic rings. The van der Waals surface area contributed by atoms with Crippen LogP contribution >= 0.6 is 0 Å². The maximum Gasteiger partial charge on any atom is 0.122 e. The SMILES string of the molecule is CCCNC1CCc2c(OCCOC)cccc21. The zero-order valence-corrected chi connectivity index (χ0v) is 11.4. The Morgan fingerprint density at radius 3 is 3.00 bits per heavy atom. The molecular weight excluding hydrogens is 226 g/mol. The third-order valence-electron chi connectivity index (χ3n) is 3.41. The number of rotatable bonds is 7. The van der Waals surface area contributed by atoms with Gasteiger partial charge in [0.25, 0.3) is 0 Å². The molecule has 1 atom stereocenters. The van der Waals surface area contributed by atoms with Crippen molar-refractivity contribution in [3.05, 3.63) is 29.3 Å². The Hall–Kier alpha value is -1.06. The Morgan fingerprint density at radius 1 is 1.33 bits per heavy atom. The van der Waals surface area contributed by atoms with Gasteiger partial charge >= 0.3 is 0 Å². The molecule has 3 heteroatoms. The highest BCUT2D eigenvalue weighted by Crippen LogP contribution is 2.36. The Kier molecular flexibility index (Phi) is 5.02. The van der Waals surface area contributed by atoms with Crippen LogP contribution in [0.5, 0.6) is 5.75 Å². The minimum atomic E-state index is 0.505. The van der Waals surface area contributed by atoms with Crippen LogP contribution in [-0.4, -0.2) is 26.9 Å². The normalized spacial score (nSPS) is 17.8. The topological polar surface area (TPSA) is 30.5 Å². The minimum absolute atomic E-state index is 0.505. The predicted octanol–water partition coefficient (Wildman–Crippen LogP) is 2.70. The number of methoxy groups -OCH3 is 1. The molecule has 1 unspecified atom stereocenters. The smallest absolute Gasteiger partial charge is 0.122 e. The second-order valence-electron chi connectivity index (χ2n) is 4.71. The van der Waals surface area contributed by atoms with Crippen LogP contribution in [0.4, 0.5) is 0 Å². The first-order valence-corrected chi connectivity index (χ1v) is 6.83. The highest BCUT2D eigenvalue weighted by Gasteiger charge is 2.24. The molecule has 0 radical (unpaired) electrons. The van der Waals surface area contributed by atoms with Crippen molar-refractivity contribution in [1.82, 2.24) is 5.32 Å². The molecule has 0 aromatic heterocycles. The first-order valence-electron chi connectivity index (χ1n) is 6.83. The van der Waals surface area contributed by atoms with E-state index in [1.165, 1.54) is 24.0 Å². The first-order chi connectivity index (χ1) is 8.86. The molecule has 1 aromatic rings. The molecule has 0 heterocycles. The molecule has 18 heavy (non-hydrogen) atoms. The summed E-state index contributed by atoms with van der Waals surface area (Å²) in [5, 5.41) is 3.60. The van der Waals surface area contributed by atoms with E-state index in [9.17, 15) is 0 Å². The van der Waals surface area contributed by atoms with Gasteiger partial charge in [-0.1, -0.05) is 19.1 Å². The van der Waals surface area contributed by atoms with Crippen LogP contribution in [-0.2, 0) is 11.2 Å². The molecular formula is C15H23NO2. The second-order valence-corrected chi connectivity index (χ2v) is 4.71. The summed E-state index contributed by atoms with van der Waals surface area (Å²) in [5.74, 6) is 1.03. The molecule has 0 bridgehead atoms. The summed E-state index contributed by atoms with van der Waals surface area (Å²) in [6, 6.07) is 6.88. The number of nitrogens with one attached hydrogen (secondary N) is 1. The summed E-state index contributed by atoms with van der Waals surface area (Å²) in [4.78, 5) is 0. The molecule has 0 spiro atoms. The Labute approximate surface area is 109 Å². The highest BCUT2D eigenvalue weighted by atomic mass is 16.5. The molecule has 3 nitrogen and oxygen atoms in total. The number of benzene rings is 1. The van der Waals surface area contributed by atoms with Crippen molar-refractivity contribution in [2.24, 2.45) is 0 Å². The van der Waals surface area contributed by atoms with Crippen molar-refractivity contribution in [2.45, 2.75) is 32.2 Å². The van der Waals surface area contributed by atoms with Crippen molar-refractivity contribution in [3.63, 3.8) is 0 Å². The fourth-order valence-electron chi connectivity index (χ4n) is 2.52. The lowest BCUT2D eigenvalue weighted by molar-refractivity contribution is 0.146. The minimum Gasteiger partial charge on any atom is -0.491 e.